The van der Waals surface area contributed by atoms with E-state index in [1.165, 1.54) is 0 Å². The van der Waals surface area contributed by atoms with Crippen molar-refractivity contribution < 1.29 is 9.59 Å². The quantitative estimate of drug-likeness (QED) is 0.791. The molecule has 18 heavy (non-hydrogen) atoms. The molecule has 98 valence electrons. The van der Waals surface area contributed by atoms with Crippen molar-refractivity contribution in [1.29, 1.82) is 0 Å². The molecule has 0 saturated heterocycles. The van der Waals surface area contributed by atoms with E-state index in [1.807, 2.05) is 0 Å². The van der Waals surface area contributed by atoms with E-state index in [1.54, 1.807) is 24.3 Å². The maximum absolute atomic E-state index is 11.3. The molecule has 0 fully saturated rings. The van der Waals surface area contributed by atoms with Crippen LogP contribution in [0, 0.1) is 0 Å². The molecule has 0 unspecified atom stereocenters. The third-order valence-corrected chi connectivity index (χ3v) is 2.47. The summed E-state index contributed by atoms with van der Waals surface area (Å²) >= 11 is 10.9. The van der Waals surface area contributed by atoms with Gasteiger partial charge in [-0.1, -0.05) is 0 Å². The molecule has 0 atom stereocenters. The van der Waals surface area contributed by atoms with Gasteiger partial charge in [0.15, 0.2) is 0 Å². The van der Waals surface area contributed by atoms with Gasteiger partial charge in [-0.05, 0) is 24.3 Å². The van der Waals surface area contributed by atoms with Gasteiger partial charge in [-0.2, -0.15) is 0 Å². The number of nitrogens with one attached hydrogen (secondary N) is 2. The van der Waals surface area contributed by atoms with Gasteiger partial charge < -0.3 is 10.6 Å². The molecule has 0 aliphatic rings. The van der Waals surface area contributed by atoms with Gasteiger partial charge in [-0.25, -0.2) is 0 Å². The fourth-order valence-electron chi connectivity index (χ4n) is 1.26. The minimum atomic E-state index is -0.135. The Morgan fingerprint density at radius 3 is 1.44 bits per heavy atom. The summed E-state index contributed by atoms with van der Waals surface area (Å²) in [6.45, 7) is 0. The predicted molar refractivity (Wildman–Crippen MR) is 74.4 cm³/mol. The minimum Gasteiger partial charge on any atom is -0.326 e. The Labute approximate surface area is 116 Å². The Bertz CT molecular complexity index is 368. The Balaban J connectivity index is 2.52. The van der Waals surface area contributed by atoms with E-state index in [0.717, 1.165) is 0 Å². The van der Waals surface area contributed by atoms with E-state index in [2.05, 4.69) is 10.6 Å². The molecule has 1 aromatic carbocycles. The monoisotopic (exact) mass is 288 g/mol. The molecular weight excluding hydrogens is 275 g/mol. The number of hydrogen-bond acceptors (Lipinski definition) is 2. The van der Waals surface area contributed by atoms with Gasteiger partial charge in [0.2, 0.25) is 11.8 Å². The number of amides is 2. The second kappa shape index (κ2) is 7.95. The van der Waals surface area contributed by atoms with Crippen LogP contribution in [0.1, 0.15) is 12.8 Å². The molecule has 0 saturated carbocycles. The topological polar surface area (TPSA) is 58.2 Å². The first-order valence-corrected chi connectivity index (χ1v) is 6.54. The molecule has 0 radical (unpaired) electrons. The van der Waals surface area contributed by atoms with Gasteiger partial charge in [-0.3, -0.25) is 9.59 Å². The first-order chi connectivity index (χ1) is 8.65. The van der Waals surface area contributed by atoms with E-state index in [4.69, 9.17) is 23.2 Å². The number of carbonyl (C=O) groups excluding carboxylic acids is 2. The Hall–Kier alpha value is -1.26. The number of alkyl halides is 2. The first kappa shape index (κ1) is 14.8. The smallest absolute Gasteiger partial charge is 0.225 e. The largest absolute Gasteiger partial charge is 0.326 e. The van der Waals surface area contributed by atoms with Gasteiger partial charge in [0.05, 0.1) is 0 Å². The fraction of sp³-hybridized carbons (Fsp3) is 0.333. The highest BCUT2D eigenvalue weighted by molar-refractivity contribution is 6.19. The zero-order chi connectivity index (χ0) is 13.4. The molecule has 0 heterocycles. The highest BCUT2D eigenvalue weighted by Crippen LogP contribution is 2.14. The number of hydrogen-bond donors (Lipinski definition) is 2. The molecule has 0 aliphatic heterocycles. The van der Waals surface area contributed by atoms with Gasteiger partial charge in [0, 0.05) is 36.0 Å². The van der Waals surface area contributed by atoms with Crippen molar-refractivity contribution in [3.63, 3.8) is 0 Å². The molecule has 4 nitrogen and oxygen atoms in total. The van der Waals surface area contributed by atoms with Gasteiger partial charge in [0.25, 0.3) is 0 Å². The predicted octanol–water partition coefficient (Wildman–Crippen LogP) is 2.82. The number of benzene rings is 1. The van der Waals surface area contributed by atoms with Crippen molar-refractivity contribution in [1.82, 2.24) is 0 Å². The lowest BCUT2D eigenvalue weighted by Gasteiger charge is -2.07. The lowest BCUT2D eigenvalue weighted by atomic mass is 10.2. The number of anilines is 2. The summed E-state index contributed by atoms with van der Waals surface area (Å²) in [5.74, 6) is 0.310. The van der Waals surface area contributed by atoms with Crippen molar-refractivity contribution in [2.45, 2.75) is 12.8 Å². The normalized spacial score (nSPS) is 9.89. The summed E-state index contributed by atoms with van der Waals surface area (Å²) in [5, 5.41) is 5.38. The number of rotatable bonds is 6. The molecular formula is C12H14Cl2N2O2. The summed E-state index contributed by atoms with van der Waals surface area (Å²) < 4.78 is 0. The van der Waals surface area contributed by atoms with Crippen LogP contribution in [0.15, 0.2) is 24.3 Å². The van der Waals surface area contributed by atoms with Crippen LogP contribution in [0.4, 0.5) is 11.4 Å². The highest BCUT2D eigenvalue weighted by atomic mass is 35.5. The lowest BCUT2D eigenvalue weighted by molar-refractivity contribution is -0.116. The average Bonchev–Trinajstić information content (AvgIpc) is 2.32. The standard InChI is InChI=1S/C12H14Cl2N2O2/c13-7-5-11(17)15-9-1-2-10(4-3-9)16-12(18)6-8-14/h1-4H,5-8H2,(H,15,17)(H,16,18). The average molecular weight is 289 g/mol. The number of carbonyl (C=O) groups is 2. The van der Waals surface area contributed by atoms with Crippen LogP contribution in [0.5, 0.6) is 0 Å². The van der Waals surface area contributed by atoms with Crippen molar-refractivity contribution >= 4 is 46.4 Å². The van der Waals surface area contributed by atoms with E-state index in [9.17, 15) is 9.59 Å². The molecule has 6 heteroatoms. The van der Waals surface area contributed by atoms with E-state index in [0.29, 0.717) is 23.1 Å². The van der Waals surface area contributed by atoms with Gasteiger partial charge in [-0.15, -0.1) is 23.2 Å². The van der Waals surface area contributed by atoms with Crippen molar-refractivity contribution in [3.05, 3.63) is 24.3 Å². The molecule has 1 rings (SSSR count). The van der Waals surface area contributed by atoms with Crippen LogP contribution in [-0.2, 0) is 9.59 Å². The Kier molecular flexibility index (Phi) is 6.54. The summed E-state index contributed by atoms with van der Waals surface area (Å²) in [7, 11) is 0. The van der Waals surface area contributed by atoms with Crippen molar-refractivity contribution in [2.24, 2.45) is 0 Å². The second-order valence-electron chi connectivity index (χ2n) is 3.55. The summed E-state index contributed by atoms with van der Waals surface area (Å²) in [6, 6.07) is 6.84. The Morgan fingerprint density at radius 2 is 1.17 bits per heavy atom. The van der Waals surface area contributed by atoms with Crippen molar-refractivity contribution in [3.8, 4) is 0 Å². The van der Waals surface area contributed by atoms with Crippen LogP contribution >= 0.6 is 23.2 Å². The molecule has 0 aliphatic carbocycles. The second-order valence-corrected chi connectivity index (χ2v) is 4.31. The molecule has 0 spiro atoms. The fourth-order valence-corrected chi connectivity index (χ4v) is 1.60. The number of halogens is 2. The minimum absolute atomic E-state index is 0.135. The van der Waals surface area contributed by atoms with E-state index >= 15 is 0 Å². The third kappa shape index (κ3) is 5.38. The van der Waals surface area contributed by atoms with Crippen LogP contribution < -0.4 is 10.6 Å². The first-order valence-electron chi connectivity index (χ1n) is 5.47. The maximum atomic E-state index is 11.3. The van der Waals surface area contributed by atoms with Crippen LogP contribution in [0.3, 0.4) is 0 Å². The summed E-state index contributed by atoms with van der Waals surface area (Å²) in [4.78, 5) is 22.6. The lowest BCUT2D eigenvalue weighted by Crippen LogP contribution is -2.13. The summed E-state index contributed by atoms with van der Waals surface area (Å²) in [5.41, 5.74) is 1.33. The zero-order valence-electron chi connectivity index (χ0n) is 9.71. The molecule has 2 amide bonds. The molecule has 0 aromatic heterocycles. The van der Waals surface area contributed by atoms with Crippen LogP contribution in [0.2, 0.25) is 0 Å². The third-order valence-electron chi connectivity index (χ3n) is 2.10. The van der Waals surface area contributed by atoms with Gasteiger partial charge >= 0.3 is 0 Å². The SMILES string of the molecule is O=C(CCCl)Nc1ccc(NC(=O)CCCl)cc1. The maximum Gasteiger partial charge on any atom is 0.225 e. The van der Waals surface area contributed by atoms with E-state index < -0.39 is 0 Å². The van der Waals surface area contributed by atoms with Crippen LogP contribution in [-0.4, -0.2) is 23.6 Å². The Morgan fingerprint density at radius 1 is 0.833 bits per heavy atom. The highest BCUT2D eigenvalue weighted by Gasteiger charge is 2.03. The zero-order valence-corrected chi connectivity index (χ0v) is 11.2. The van der Waals surface area contributed by atoms with Gasteiger partial charge in [0.1, 0.15) is 0 Å². The molecule has 2 N–H and O–H groups in total. The van der Waals surface area contributed by atoms with Crippen LogP contribution in [0.25, 0.3) is 0 Å². The molecule has 0 bridgehead atoms. The van der Waals surface area contributed by atoms with Crippen molar-refractivity contribution in [2.75, 3.05) is 22.4 Å². The summed E-state index contributed by atoms with van der Waals surface area (Å²) in [6.07, 6.45) is 0.547. The van der Waals surface area contributed by atoms with E-state index in [-0.39, 0.29) is 24.7 Å². The molecule has 1 aromatic rings.